The van der Waals surface area contributed by atoms with Gasteiger partial charge in [0.2, 0.25) is 0 Å². The summed E-state index contributed by atoms with van der Waals surface area (Å²) < 4.78 is 20.2. The third kappa shape index (κ3) is 6.06. The Kier molecular flexibility index (Phi) is 8.85. The van der Waals surface area contributed by atoms with Crippen LogP contribution >= 0.6 is 27.3 Å². The topological polar surface area (TPSA) is 79.1 Å². The molecule has 0 radical (unpaired) electrons. The van der Waals surface area contributed by atoms with Gasteiger partial charge in [-0.15, -0.1) is 0 Å². The number of nitrogens with zero attached hydrogens (tertiary/aromatic N) is 2. The summed E-state index contributed by atoms with van der Waals surface area (Å²) in [4.78, 5) is 32.1. The maximum absolute atomic E-state index is 13.9. The van der Waals surface area contributed by atoms with Crippen molar-refractivity contribution in [3.8, 4) is 11.5 Å². The van der Waals surface area contributed by atoms with Gasteiger partial charge in [-0.2, -0.15) is 0 Å². The number of hydrogen-bond acceptors (Lipinski definition) is 7. The van der Waals surface area contributed by atoms with Gasteiger partial charge in [0.1, 0.15) is 6.61 Å². The molecule has 210 valence electrons. The molecule has 0 spiro atoms. The van der Waals surface area contributed by atoms with Gasteiger partial charge in [-0.25, -0.2) is 9.79 Å². The lowest BCUT2D eigenvalue weighted by molar-refractivity contribution is -0.136. The Bertz CT molecular complexity index is 1780. The monoisotopic (exact) mass is 632 g/mol. The van der Waals surface area contributed by atoms with Crippen molar-refractivity contribution in [3.05, 3.63) is 125 Å². The van der Waals surface area contributed by atoms with Crippen LogP contribution in [0.5, 0.6) is 11.5 Å². The number of methoxy groups -OCH3 is 1. The number of benzene rings is 3. The molecule has 1 aliphatic heterocycles. The second-order valence-electron chi connectivity index (χ2n) is 9.25. The molecular weight excluding hydrogens is 604 g/mol. The van der Waals surface area contributed by atoms with Gasteiger partial charge in [-0.1, -0.05) is 82.7 Å². The first-order valence-electron chi connectivity index (χ1n) is 13.3. The van der Waals surface area contributed by atoms with Crippen LogP contribution in [0.15, 0.2) is 98.3 Å². The van der Waals surface area contributed by atoms with Crippen LogP contribution in [0.3, 0.4) is 0 Å². The lowest BCUT2D eigenvalue weighted by Crippen LogP contribution is -2.40. The van der Waals surface area contributed by atoms with E-state index in [0.717, 1.165) is 21.2 Å². The number of ether oxygens (including phenoxy) is 3. The summed E-state index contributed by atoms with van der Waals surface area (Å²) in [5.74, 6) is 0.719. The highest BCUT2D eigenvalue weighted by Gasteiger charge is 2.33. The first-order valence-corrected chi connectivity index (χ1v) is 14.9. The third-order valence-corrected chi connectivity index (χ3v) is 8.15. The van der Waals surface area contributed by atoms with Gasteiger partial charge in [-0.3, -0.25) is 9.36 Å². The number of esters is 1. The van der Waals surface area contributed by atoms with Crippen molar-refractivity contribution < 1.29 is 19.0 Å². The summed E-state index contributed by atoms with van der Waals surface area (Å²) in [6.45, 7) is 4.71. The van der Waals surface area contributed by atoms with Crippen LogP contribution in [0.4, 0.5) is 0 Å². The summed E-state index contributed by atoms with van der Waals surface area (Å²) >= 11 is 4.74. The zero-order chi connectivity index (χ0) is 28.9. The van der Waals surface area contributed by atoms with Crippen LogP contribution in [-0.2, 0) is 16.1 Å². The molecule has 0 bridgehead atoms. The number of carbonyl (C=O) groups excluding carboxylic acids is 1. The van der Waals surface area contributed by atoms with Gasteiger partial charge >= 0.3 is 5.97 Å². The lowest BCUT2D eigenvalue weighted by atomic mass is 9.95. The Balaban J connectivity index is 1.56. The van der Waals surface area contributed by atoms with E-state index in [-0.39, 0.29) is 5.56 Å². The molecule has 3 aromatic carbocycles. The number of aromatic nitrogens is 1. The molecule has 2 heterocycles. The Hall–Kier alpha value is -3.95. The summed E-state index contributed by atoms with van der Waals surface area (Å²) in [7, 11) is 1.35. The molecule has 0 N–H and O–H groups in total. The van der Waals surface area contributed by atoms with E-state index in [1.807, 2.05) is 92.7 Å². The fourth-order valence-electron chi connectivity index (χ4n) is 4.71. The fraction of sp³-hybridized carbons (Fsp3) is 0.219. The molecule has 5 rings (SSSR count). The molecule has 0 fully saturated rings. The molecule has 1 aromatic heterocycles. The van der Waals surface area contributed by atoms with Gasteiger partial charge < -0.3 is 14.2 Å². The first kappa shape index (κ1) is 28.6. The molecule has 4 aromatic rings. The Morgan fingerprint density at radius 2 is 1.78 bits per heavy atom. The summed E-state index contributed by atoms with van der Waals surface area (Å²) in [5, 5.41) is 0. The third-order valence-electron chi connectivity index (χ3n) is 6.64. The summed E-state index contributed by atoms with van der Waals surface area (Å²) in [6.07, 6.45) is 2.35. The highest BCUT2D eigenvalue weighted by atomic mass is 79.9. The number of halogens is 1. The molecule has 41 heavy (non-hydrogen) atoms. The van der Waals surface area contributed by atoms with Crippen LogP contribution < -0.4 is 24.4 Å². The average Bonchev–Trinajstić information content (AvgIpc) is 3.30. The number of hydrogen-bond donors (Lipinski definition) is 0. The molecular formula is C32H29BrN2O5S. The molecule has 0 aliphatic carbocycles. The van der Waals surface area contributed by atoms with E-state index in [9.17, 15) is 9.59 Å². The van der Waals surface area contributed by atoms with Crippen LogP contribution in [0, 0.1) is 0 Å². The molecule has 1 aliphatic rings. The largest absolute Gasteiger partial charge is 0.490 e. The summed E-state index contributed by atoms with van der Waals surface area (Å²) in [5.41, 5.74) is 3.40. The minimum absolute atomic E-state index is 0.229. The highest BCUT2D eigenvalue weighted by Crippen LogP contribution is 2.32. The second kappa shape index (κ2) is 12.7. The summed E-state index contributed by atoms with van der Waals surface area (Å²) in [6, 6.07) is 22.4. The number of fused-ring (bicyclic) bond motifs is 1. The van der Waals surface area contributed by atoms with Crippen molar-refractivity contribution in [2.75, 3.05) is 13.7 Å². The van der Waals surface area contributed by atoms with Crippen molar-refractivity contribution in [3.63, 3.8) is 0 Å². The van der Waals surface area contributed by atoms with E-state index in [1.54, 1.807) is 4.57 Å². The quantitative estimate of drug-likeness (QED) is 0.226. The molecule has 0 saturated heterocycles. The first-order chi connectivity index (χ1) is 19.9. The van der Waals surface area contributed by atoms with Gasteiger partial charge in [0.05, 0.1) is 35.6 Å². The average molecular weight is 634 g/mol. The zero-order valence-corrected chi connectivity index (χ0v) is 25.3. The van der Waals surface area contributed by atoms with E-state index < -0.39 is 12.0 Å². The Labute approximate surface area is 250 Å². The number of allylic oxidation sites excluding steroid dienone is 1. The van der Waals surface area contributed by atoms with Crippen molar-refractivity contribution in [1.29, 1.82) is 0 Å². The van der Waals surface area contributed by atoms with Crippen molar-refractivity contribution in [2.24, 2.45) is 4.99 Å². The smallest absolute Gasteiger partial charge is 0.338 e. The molecule has 0 amide bonds. The normalized spacial score (nSPS) is 14.8. The second-order valence-corrected chi connectivity index (χ2v) is 11.2. The van der Waals surface area contributed by atoms with Crippen molar-refractivity contribution in [2.45, 2.75) is 32.9 Å². The minimum atomic E-state index is -0.634. The molecule has 9 heteroatoms. The number of thiazole rings is 1. The van der Waals surface area contributed by atoms with Crippen LogP contribution in [-0.4, -0.2) is 24.3 Å². The molecule has 0 saturated carbocycles. The Morgan fingerprint density at radius 3 is 2.46 bits per heavy atom. The van der Waals surface area contributed by atoms with Gasteiger partial charge in [0, 0.05) is 4.47 Å². The maximum atomic E-state index is 13.9. The highest BCUT2D eigenvalue weighted by molar-refractivity contribution is 9.10. The van der Waals surface area contributed by atoms with E-state index in [0.29, 0.717) is 51.7 Å². The van der Waals surface area contributed by atoms with Crippen LogP contribution in [0.1, 0.15) is 43.0 Å². The number of rotatable bonds is 9. The zero-order valence-electron chi connectivity index (χ0n) is 22.9. The van der Waals surface area contributed by atoms with E-state index in [2.05, 4.69) is 15.9 Å². The molecule has 7 nitrogen and oxygen atoms in total. The van der Waals surface area contributed by atoms with Crippen LogP contribution in [0.2, 0.25) is 0 Å². The Morgan fingerprint density at radius 1 is 1.02 bits per heavy atom. The molecule has 1 atom stereocenters. The predicted octanol–water partition coefficient (Wildman–Crippen LogP) is 5.54. The standard InChI is InChI=1S/C32H29BrN2O5S/c1-4-24-28(31(37)38-3)29(22-9-7-6-8-10-22)35-30(36)27(41-32(35)34-24)18-21-13-16-25(26(17-21)39-5-2)40-19-20-11-14-23(33)15-12-20/h6-18,29H,4-5,19H2,1-3H3/b27-18-/t29-/m0/s1. The maximum Gasteiger partial charge on any atom is 0.338 e. The number of carbonyl (C=O) groups is 1. The minimum Gasteiger partial charge on any atom is -0.490 e. The molecule has 0 unspecified atom stereocenters. The van der Waals surface area contributed by atoms with Gasteiger partial charge in [0.15, 0.2) is 16.3 Å². The SMILES string of the molecule is CCOc1cc(/C=c2\sc3n(c2=O)[C@@H](c2ccccc2)C(C(=O)OC)=C(CC)N=3)ccc1OCc1ccc(Br)cc1. The van der Waals surface area contributed by atoms with Gasteiger partial charge in [-0.05, 0) is 60.4 Å². The van der Waals surface area contributed by atoms with Crippen molar-refractivity contribution >= 4 is 39.3 Å². The van der Waals surface area contributed by atoms with E-state index in [4.69, 9.17) is 19.2 Å². The van der Waals surface area contributed by atoms with Gasteiger partial charge in [0.25, 0.3) is 5.56 Å². The van der Waals surface area contributed by atoms with Crippen LogP contribution in [0.25, 0.3) is 6.08 Å². The lowest BCUT2D eigenvalue weighted by Gasteiger charge is -2.25. The van der Waals surface area contributed by atoms with E-state index >= 15 is 0 Å². The van der Waals surface area contributed by atoms with Crippen molar-refractivity contribution in [1.82, 2.24) is 4.57 Å². The van der Waals surface area contributed by atoms with E-state index in [1.165, 1.54) is 18.4 Å². The fourth-order valence-corrected chi connectivity index (χ4v) is 5.99. The predicted molar refractivity (Wildman–Crippen MR) is 163 cm³/mol.